The number of morpholine rings is 1. The molecule has 0 bridgehead atoms. The second-order valence-corrected chi connectivity index (χ2v) is 6.61. The van der Waals surface area contributed by atoms with Gasteiger partial charge in [0.2, 0.25) is 0 Å². The molecule has 0 saturated carbocycles. The average Bonchev–Trinajstić information content (AvgIpc) is 2.98. The number of pyridine rings is 1. The molecule has 2 aromatic heterocycles. The van der Waals surface area contributed by atoms with E-state index >= 15 is 0 Å². The minimum absolute atomic E-state index is 0.266. The van der Waals surface area contributed by atoms with Crippen LogP contribution in [0.1, 0.15) is 23.4 Å². The molecule has 0 N–H and O–H groups in total. The van der Waals surface area contributed by atoms with Crippen LogP contribution in [0.25, 0.3) is 0 Å². The molecule has 130 valence electrons. The highest BCUT2D eigenvalue weighted by atomic mass is 16.5. The van der Waals surface area contributed by atoms with Crippen molar-refractivity contribution in [1.29, 1.82) is 0 Å². The zero-order valence-corrected chi connectivity index (χ0v) is 14.7. The molecule has 0 spiro atoms. The molecule has 2 aromatic rings. The summed E-state index contributed by atoms with van der Waals surface area (Å²) in [6.45, 7) is 5.42. The van der Waals surface area contributed by atoms with Crippen molar-refractivity contribution in [2.45, 2.75) is 32.4 Å². The van der Waals surface area contributed by atoms with Crippen LogP contribution in [0.2, 0.25) is 0 Å². The molecule has 24 heavy (non-hydrogen) atoms. The third kappa shape index (κ3) is 4.55. The molecular formula is C18H26N4O2. The highest BCUT2D eigenvalue weighted by Crippen LogP contribution is 2.17. The fourth-order valence-electron chi connectivity index (χ4n) is 3.01. The van der Waals surface area contributed by atoms with Crippen LogP contribution in [0, 0.1) is 6.92 Å². The molecule has 6 heteroatoms. The van der Waals surface area contributed by atoms with E-state index < -0.39 is 0 Å². The van der Waals surface area contributed by atoms with Crippen LogP contribution in [0.3, 0.4) is 0 Å². The highest BCUT2D eigenvalue weighted by Gasteiger charge is 2.21. The van der Waals surface area contributed by atoms with Gasteiger partial charge in [0.15, 0.2) is 0 Å². The average molecular weight is 330 g/mol. The van der Waals surface area contributed by atoms with Gasteiger partial charge in [0.05, 0.1) is 18.4 Å². The number of ether oxygens (including phenoxy) is 1. The molecule has 1 fully saturated rings. The van der Waals surface area contributed by atoms with Gasteiger partial charge >= 0.3 is 0 Å². The lowest BCUT2D eigenvalue weighted by atomic mass is 10.1. The molecule has 1 atom stereocenters. The fourth-order valence-corrected chi connectivity index (χ4v) is 3.01. The van der Waals surface area contributed by atoms with E-state index in [9.17, 15) is 0 Å². The van der Waals surface area contributed by atoms with Crippen LogP contribution >= 0.6 is 0 Å². The van der Waals surface area contributed by atoms with Gasteiger partial charge in [0.25, 0.3) is 0 Å². The standard InChI is InChI=1S/C18H26N4O2/c1-14-10-16(20-24-14)12-22-8-9-23-17(13-22)5-4-15-6-7-19-18(11-15)21(2)3/h6-7,10-11,17H,4-5,8-9,12-13H2,1-3H3/t17-/m0/s1. The molecular weight excluding hydrogens is 304 g/mol. The van der Waals surface area contributed by atoms with E-state index in [1.165, 1.54) is 5.56 Å². The summed E-state index contributed by atoms with van der Waals surface area (Å²) >= 11 is 0. The zero-order chi connectivity index (χ0) is 16.9. The summed E-state index contributed by atoms with van der Waals surface area (Å²) in [4.78, 5) is 8.79. The van der Waals surface area contributed by atoms with E-state index in [4.69, 9.17) is 9.26 Å². The summed E-state index contributed by atoms with van der Waals surface area (Å²) in [5, 5.41) is 4.09. The number of anilines is 1. The second kappa shape index (κ2) is 7.77. The zero-order valence-electron chi connectivity index (χ0n) is 14.7. The van der Waals surface area contributed by atoms with Crippen molar-refractivity contribution in [3.63, 3.8) is 0 Å². The van der Waals surface area contributed by atoms with Crippen LogP contribution in [0.15, 0.2) is 28.9 Å². The van der Waals surface area contributed by atoms with Gasteiger partial charge in [-0.05, 0) is 37.5 Å². The molecule has 1 aliphatic rings. The topological polar surface area (TPSA) is 54.6 Å². The maximum Gasteiger partial charge on any atom is 0.133 e. The number of hydrogen-bond acceptors (Lipinski definition) is 6. The number of aryl methyl sites for hydroxylation is 2. The summed E-state index contributed by atoms with van der Waals surface area (Å²) in [5.41, 5.74) is 2.31. The van der Waals surface area contributed by atoms with E-state index in [2.05, 4.69) is 27.2 Å². The summed E-state index contributed by atoms with van der Waals surface area (Å²) in [5.74, 6) is 1.87. The van der Waals surface area contributed by atoms with Crippen LogP contribution in [-0.4, -0.2) is 54.9 Å². The Morgan fingerprint density at radius 3 is 2.96 bits per heavy atom. The van der Waals surface area contributed by atoms with Crippen LogP contribution in [0.4, 0.5) is 5.82 Å². The summed E-state index contributed by atoms with van der Waals surface area (Å²) < 4.78 is 11.1. The number of nitrogens with zero attached hydrogens (tertiary/aromatic N) is 4. The minimum Gasteiger partial charge on any atom is -0.376 e. The largest absolute Gasteiger partial charge is 0.376 e. The SMILES string of the molecule is Cc1cc(CN2CCO[C@@H](CCc3ccnc(N(C)C)c3)C2)no1. The minimum atomic E-state index is 0.266. The number of aromatic nitrogens is 2. The molecule has 1 aliphatic heterocycles. The molecule has 0 unspecified atom stereocenters. The maximum absolute atomic E-state index is 5.94. The molecule has 6 nitrogen and oxygen atoms in total. The molecule has 0 aliphatic carbocycles. The Kier molecular flexibility index (Phi) is 5.48. The van der Waals surface area contributed by atoms with Crippen molar-refractivity contribution >= 4 is 5.82 Å². The van der Waals surface area contributed by atoms with Gasteiger partial charge in [0.1, 0.15) is 11.6 Å². The lowest BCUT2D eigenvalue weighted by Gasteiger charge is -2.32. The normalized spacial score (nSPS) is 18.7. The number of rotatable bonds is 6. The Hall–Kier alpha value is -1.92. The van der Waals surface area contributed by atoms with E-state index in [-0.39, 0.29) is 6.10 Å². The predicted molar refractivity (Wildman–Crippen MR) is 93.1 cm³/mol. The van der Waals surface area contributed by atoms with Gasteiger partial charge in [-0.25, -0.2) is 4.98 Å². The molecule has 0 aromatic carbocycles. The highest BCUT2D eigenvalue weighted by molar-refractivity contribution is 5.39. The number of hydrogen-bond donors (Lipinski definition) is 0. The van der Waals surface area contributed by atoms with Gasteiger partial charge in [-0.2, -0.15) is 0 Å². The Morgan fingerprint density at radius 2 is 2.21 bits per heavy atom. The third-order valence-electron chi connectivity index (χ3n) is 4.31. The molecule has 1 saturated heterocycles. The van der Waals surface area contributed by atoms with Crippen LogP contribution < -0.4 is 4.90 Å². The van der Waals surface area contributed by atoms with Gasteiger partial charge in [-0.3, -0.25) is 4.90 Å². The molecule has 0 radical (unpaired) electrons. The lowest BCUT2D eigenvalue weighted by molar-refractivity contribution is -0.0351. The van der Waals surface area contributed by atoms with Crippen molar-refractivity contribution in [3.8, 4) is 0 Å². The summed E-state index contributed by atoms with van der Waals surface area (Å²) in [7, 11) is 4.03. The van der Waals surface area contributed by atoms with E-state index in [1.807, 2.05) is 38.2 Å². The Bertz CT molecular complexity index is 656. The van der Waals surface area contributed by atoms with Crippen molar-refractivity contribution in [3.05, 3.63) is 41.4 Å². The first-order chi connectivity index (χ1) is 11.6. The first-order valence-electron chi connectivity index (χ1n) is 8.48. The fraction of sp³-hybridized carbons (Fsp3) is 0.556. The van der Waals surface area contributed by atoms with Crippen molar-refractivity contribution in [2.24, 2.45) is 0 Å². The third-order valence-corrected chi connectivity index (χ3v) is 4.31. The first-order valence-corrected chi connectivity index (χ1v) is 8.48. The lowest BCUT2D eigenvalue weighted by Crippen LogP contribution is -2.42. The predicted octanol–water partition coefficient (Wildman–Crippen LogP) is 2.28. The van der Waals surface area contributed by atoms with Crippen LogP contribution in [0.5, 0.6) is 0 Å². The van der Waals surface area contributed by atoms with E-state index in [0.717, 1.165) is 56.4 Å². The summed E-state index contributed by atoms with van der Waals surface area (Å²) in [6, 6.07) is 6.24. The monoisotopic (exact) mass is 330 g/mol. The van der Waals surface area contributed by atoms with Gasteiger partial charge in [-0.15, -0.1) is 0 Å². The van der Waals surface area contributed by atoms with Crippen molar-refractivity contribution in [2.75, 3.05) is 38.7 Å². The van der Waals surface area contributed by atoms with E-state index in [1.54, 1.807) is 0 Å². The maximum atomic E-state index is 5.94. The Labute approximate surface area is 143 Å². The molecule has 0 amide bonds. The van der Waals surface area contributed by atoms with Gasteiger partial charge in [-0.1, -0.05) is 5.16 Å². The second-order valence-electron chi connectivity index (χ2n) is 6.61. The van der Waals surface area contributed by atoms with Gasteiger partial charge < -0.3 is 14.2 Å². The molecule has 3 heterocycles. The Morgan fingerprint density at radius 1 is 1.33 bits per heavy atom. The first kappa shape index (κ1) is 16.9. The Balaban J connectivity index is 1.51. The van der Waals surface area contributed by atoms with Crippen molar-refractivity contribution < 1.29 is 9.26 Å². The van der Waals surface area contributed by atoms with Crippen LogP contribution in [-0.2, 0) is 17.7 Å². The van der Waals surface area contributed by atoms with Crippen molar-refractivity contribution in [1.82, 2.24) is 15.0 Å². The molecule has 3 rings (SSSR count). The van der Waals surface area contributed by atoms with E-state index in [0.29, 0.717) is 0 Å². The van der Waals surface area contributed by atoms with Gasteiger partial charge in [0, 0.05) is 46.0 Å². The smallest absolute Gasteiger partial charge is 0.133 e. The summed E-state index contributed by atoms with van der Waals surface area (Å²) in [6.07, 6.45) is 4.17. The quantitative estimate of drug-likeness (QED) is 0.810.